The molecule has 0 aromatic heterocycles. The third kappa shape index (κ3) is 4.76. The molecule has 0 aliphatic rings. The van der Waals surface area contributed by atoms with Gasteiger partial charge in [0, 0.05) is 12.6 Å². The molecular formula is C13H17ClF3NO2. The molecule has 0 aliphatic heterocycles. The molecule has 0 saturated carbocycles. The van der Waals surface area contributed by atoms with Crippen molar-refractivity contribution in [2.75, 3.05) is 13.7 Å². The first-order valence-corrected chi connectivity index (χ1v) is 6.38. The summed E-state index contributed by atoms with van der Waals surface area (Å²) in [5.41, 5.74) is 0.544. The normalized spacial score (nSPS) is 12.2. The van der Waals surface area contributed by atoms with Crippen LogP contribution in [0.2, 0.25) is 5.02 Å². The Balaban J connectivity index is 2.97. The largest absolute Gasteiger partial charge is 0.503 e. The molecule has 20 heavy (non-hydrogen) atoms. The Morgan fingerprint density at radius 2 is 1.95 bits per heavy atom. The van der Waals surface area contributed by atoms with E-state index in [4.69, 9.17) is 16.3 Å². The van der Waals surface area contributed by atoms with Gasteiger partial charge in [-0.05, 0) is 31.5 Å². The van der Waals surface area contributed by atoms with Gasteiger partial charge >= 0.3 is 6.18 Å². The second-order valence-electron chi connectivity index (χ2n) is 4.74. The second kappa shape index (κ2) is 6.54. The Kier molecular flexibility index (Phi) is 5.53. The van der Waals surface area contributed by atoms with Crippen LogP contribution in [0.4, 0.5) is 13.2 Å². The first-order valence-electron chi connectivity index (χ1n) is 6.00. The number of rotatable bonds is 5. The topological polar surface area (TPSA) is 32.7 Å². The van der Waals surface area contributed by atoms with Crippen LogP contribution in [0.25, 0.3) is 0 Å². The number of hydrogen-bond donors (Lipinski definition) is 1. The number of phenols is 1. The van der Waals surface area contributed by atoms with E-state index in [1.165, 1.54) is 24.1 Å². The first kappa shape index (κ1) is 16.9. The van der Waals surface area contributed by atoms with Crippen molar-refractivity contribution < 1.29 is 23.0 Å². The number of nitrogens with zero attached hydrogens (tertiary/aromatic N) is 1. The van der Waals surface area contributed by atoms with Gasteiger partial charge in [0.2, 0.25) is 0 Å². The van der Waals surface area contributed by atoms with Crippen LogP contribution < -0.4 is 4.74 Å². The quantitative estimate of drug-likeness (QED) is 0.897. The number of methoxy groups -OCH3 is 1. The molecule has 1 aromatic rings. The van der Waals surface area contributed by atoms with Crippen LogP contribution in [0, 0.1) is 0 Å². The maximum atomic E-state index is 12.5. The van der Waals surface area contributed by atoms with Gasteiger partial charge in [0.25, 0.3) is 0 Å². The molecule has 0 unspecified atom stereocenters. The van der Waals surface area contributed by atoms with E-state index in [0.29, 0.717) is 5.56 Å². The van der Waals surface area contributed by atoms with Gasteiger partial charge in [0.15, 0.2) is 11.5 Å². The zero-order valence-corrected chi connectivity index (χ0v) is 12.2. The average molecular weight is 312 g/mol. The molecule has 0 spiro atoms. The number of benzene rings is 1. The van der Waals surface area contributed by atoms with E-state index in [9.17, 15) is 18.3 Å². The smallest absolute Gasteiger partial charge is 0.401 e. The van der Waals surface area contributed by atoms with Gasteiger partial charge in [-0.25, -0.2) is 0 Å². The fourth-order valence-corrected chi connectivity index (χ4v) is 1.99. The standard InChI is InChI=1S/C13H17ClF3NO2/c1-8(2)18(7-13(15,16)17)6-9-4-10(14)12(19)11(5-9)20-3/h4-5,8,19H,6-7H2,1-3H3. The molecule has 0 bridgehead atoms. The molecule has 0 aliphatic carbocycles. The Hall–Kier alpha value is -1.14. The predicted octanol–water partition coefficient (Wildman–Crippen LogP) is 3.83. The van der Waals surface area contributed by atoms with E-state index < -0.39 is 12.7 Å². The summed E-state index contributed by atoms with van der Waals surface area (Å²) >= 11 is 5.82. The maximum Gasteiger partial charge on any atom is 0.401 e. The van der Waals surface area contributed by atoms with Gasteiger partial charge in [-0.1, -0.05) is 11.6 Å². The van der Waals surface area contributed by atoms with Crippen LogP contribution in [0.1, 0.15) is 19.4 Å². The Bertz CT molecular complexity index is 464. The summed E-state index contributed by atoms with van der Waals surface area (Å²) in [5.74, 6) is -0.0759. The average Bonchev–Trinajstić information content (AvgIpc) is 2.30. The molecule has 0 saturated heterocycles. The zero-order chi connectivity index (χ0) is 15.5. The molecule has 1 rings (SSSR count). The van der Waals surface area contributed by atoms with Crippen LogP contribution in [0.3, 0.4) is 0 Å². The number of hydrogen-bond acceptors (Lipinski definition) is 3. The van der Waals surface area contributed by atoms with Gasteiger partial charge in [-0.15, -0.1) is 0 Å². The Labute approximate surface area is 120 Å². The number of aromatic hydroxyl groups is 1. The second-order valence-corrected chi connectivity index (χ2v) is 5.15. The van der Waals surface area contributed by atoms with Crippen molar-refractivity contribution in [2.45, 2.75) is 32.6 Å². The lowest BCUT2D eigenvalue weighted by molar-refractivity contribution is -0.150. The highest BCUT2D eigenvalue weighted by molar-refractivity contribution is 6.32. The van der Waals surface area contributed by atoms with Gasteiger partial charge in [0.1, 0.15) is 0 Å². The third-order valence-corrected chi connectivity index (χ3v) is 3.09. The number of phenolic OH excluding ortho intramolecular Hbond substituents is 1. The molecule has 0 fully saturated rings. The zero-order valence-electron chi connectivity index (χ0n) is 11.5. The summed E-state index contributed by atoms with van der Waals surface area (Å²) in [7, 11) is 1.35. The monoisotopic (exact) mass is 311 g/mol. The maximum absolute atomic E-state index is 12.5. The molecule has 0 atom stereocenters. The predicted molar refractivity (Wildman–Crippen MR) is 71.3 cm³/mol. The molecule has 114 valence electrons. The van der Waals surface area contributed by atoms with Crippen LogP contribution in [0.15, 0.2) is 12.1 Å². The van der Waals surface area contributed by atoms with Crippen molar-refractivity contribution in [1.29, 1.82) is 0 Å². The first-order chi connectivity index (χ1) is 9.14. The molecule has 0 heterocycles. The molecular weight excluding hydrogens is 295 g/mol. The summed E-state index contributed by atoms with van der Waals surface area (Å²) in [5, 5.41) is 9.65. The fraction of sp³-hybridized carbons (Fsp3) is 0.538. The minimum atomic E-state index is -4.27. The van der Waals surface area contributed by atoms with Crippen LogP contribution >= 0.6 is 11.6 Å². The van der Waals surface area contributed by atoms with Crippen molar-refractivity contribution >= 4 is 11.6 Å². The van der Waals surface area contributed by atoms with E-state index in [0.717, 1.165) is 0 Å². The number of alkyl halides is 3. The Morgan fingerprint density at radius 3 is 2.40 bits per heavy atom. The summed E-state index contributed by atoms with van der Waals surface area (Å²) in [6.07, 6.45) is -4.27. The third-order valence-electron chi connectivity index (χ3n) is 2.81. The highest BCUT2D eigenvalue weighted by Gasteiger charge is 2.31. The van der Waals surface area contributed by atoms with Gasteiger partial charge in [0.05, 0.1) is 18.7 Å². The van der Waals surface area contributed by atoms with E-state index in [1.807, 2.05) is 0 Å². The van der Waals surface area contributed by atoms with Crippen molar-refractivity contribution in [3.63, 3.8) is 0 Å². The molecule has 1 aromatic carbocycles. The summed E-state index contributed by atoms with van der Waals surface area (Å²) in [6, 6.07) is 2.63. The number of halogens is 4. The van der Waals surface area contributed by atoms with Crippen LogP contribution in [-0.2, 0) is 6.54 Å². The lowest BCUT2D eigenvalue weighted by Crippen LogP contribution is -2.38. The van der Waals surface area contributed by atoms with Gasteiger partial charge in [-0.2, -0.15) is 13.2 Å². The van der Waals surface area contributed by atoms with Crippen molar-refractivity contribution in [3.05, 3.63) is 22.7 Å². The molecule has 1 N–H and O–H groups in total. The van der Waals surface area contributed by atoms with Crippen LogP contribution in [0.5, 0.6) is 11.5 Å². The highest BCUT2D eigenvalue weighted by Crippen LogP contribution is 2.35. The van der Waals surface area contributed by atoms with E-state index in [2.05, 4.69) is 0 Å². The summed E-state index contributed by atoms with van der Waals surface area (Å²) in [4.78, 5) is 1.27. The fourth-order valence-electron chi connectivity index (χ4n) is 1.76. The Morgan fingerprint density at radius 1 is 1.35 bits per heavy atom. The lowest BCUT2D eigenvalue weighted by atomic mass is 10.1. The van der Waals surface area contributed by atoms with Crippen LogP contribution in [-0.4, -0.2) is 35.9 Å². The van der Waals surface area contributed by atoms with Crippen molar-refractivity contribution in [3.8, 4) is 11.5 Å². The van der Waals surface area contributed by atoms with Crippen molar-refractivity contribution in [2.24, 2.45) is 0 Å². The molecule has 7 heteroatoms. The summed E-state index contributed by atoms with van der Waals surface area (Å²) < 4.78 is 42.5. The minimum Gasteiger partial charge on any atom is -0.503 e. The SMILES string of the molecule is COc1cc(CN(CC(F)(F)F)C(C)C)cc(Cl)c1O. The number of ether oxygens (including phenoxy) is 1. The molecule has 3 nitrogen and oxygen atoms in total. The van der Waals surface area contributed by atoms with Gasteiger partial charge in [-0.3, -0.25) is 4.90 Å². The van der Waals surface area contributed by atoms with Crippen molar-refractivity contribution in [1.82, 2.24) is 4.90 Å². The summed E-state index contributed by atoms with van der Waals surface area (Å²) in [6.45, 7) is 2.43. The van der Waals surface area contributed by atoms with E-state index in [-0.39, 0.29) is 29.1 Å². The molecule has 0 amide bonds. The molecule has 0 radical (unpaired) electrons. The highest BCUT2D eigenvalue weighted by atomic mass is 35.5. The lowest BCUT2D eigenvalue weighted by Gasteiger charge is -2.27. The van der Waals surface area contributed by atoms with Gasteiger partial charge < -0.3 is 9.84 Å². The van der Waals surface area contributed by atoms with E-state index in [1.54, 1.807) is 13.8 Å². The minimum absolute atomic E-state index is 0.0510. The van der Waals surface area contributed by atoms with E-state index >= 15 is 0 Å².